The van der Waals surface area contributed by atoms with Gasteiger partial charge in [0.15, 0.2) is 0 Å². The molecule has 2 N–H and O–H groups in total. The highest BCUT2D eigenvalue weighted by molar-refractivity contribution is 4.51. The zero-order valence-electron chi connectivity index (χ0n) is 10.0. The lowest BCUT2D eigenvalue weighted by atomic mass is 10.2. The lowest BCUT2D eigenvalue weighted by molar-refractivity contribution is 0.0385. The Kier molecular flexibility index (Phi) is 11.8. The third kappa shape index (κ3) is 13.8. The van der Waals surface area contributed by atoms with Crippen molar-refractivity contribution in [3.05, 3.63) is 0 Å². The van der Waals surface area contributed by atoms with Gasteiger partial charge in [-0.3, -0.25) is 0 Å². The lowest BCUT2D eigenvalue weighted by Gasteiger charge is -2.06. The maximum Gasteiger partial charge on any atom is 0.0700 e. The highest BCUT2D eigenvalue weighted by Gasteiger charge is 1.94. The molecule has 4 heteroatoms. The Morgan fingerprint density at radius 1 is 0.933 bits per heavy atom. The van der Waals surface area contributed by atoms with Crippen molar-refractivity contribution < 1.29 is 14.2 Å². The first-order chi connectivity index (χ1) is 7.27. The second-order valence-electron chi connectivity index (χ2n) is 3.69. The van der Waals surface area contributed by atoms with E-state index in [1.165, 1.54) is 0 Å². The summed E-state index contributed by atoms with van der Waals surface area (Å²) in [5, 5.41) is 0. The van der Waals surface area contributed by atoms with E-state index < -0.39 is 0 Å². The normalized spacial score (nSPS) is 13.0. The van der Waals surface area contributed by atoms with Crippen LogP contribution in [-0.4, -0.2) is 46.2 Å². The molecule has 15 heavy (non-hydrogen) atoms. The van der Waals surface area contributed by atoms with Crippen LogP contribution in [0.4, 0.5) is 0 Å². The summed E-state index contributed by atoms with van der Waals surface area (Å²) >= 11 is 0. The number of ether oxygens (including phenoxy) is 3. The van der Waals surface area contributed by atoms with Gasteiger partial charge in [0.25, 0.3) is 0 Å². The molecule has 0 saturated carbocycles. The number of hydrogen-bond donors (Lipinski definition) is 1. The molecule has 0 rings (SSSR count). The first-order valence-corrected chi connectivity index (χ1v) is 5.67. The number of methoxy groups -OCH3 is 1. The molecule has 0 fully saturated rings. The van der Waals surface area contributed by atoms with E-state index in [0.29, 0.717) is 13.2 Å². The van der Waals surface area contributed by atoms with E-state index in [9.17, 15) is 0 Å². The highest BCUT2D eigenvalue weighted by Crippen LogP contribution is 1.93. The number of rotatable bonds is 11. The molecule has 0 aliphatic rings. The maximum atomic E-state index is 5.61. The molecule has 0 heterocycles. The van der Waals surface area contributed by atoms with Gasteiger partial charge in [0.2, 0.25) is 0 Å². The van der Waals surface area contributed by atoms with E-state index in [1.807, 2.05) is 6.92 Å². The smallest absolute Gasteiger partial charge is 0.0700 e. The average molecular weight is 219 g/mol. The summed E-state index contributed by atoms with van der Waals surface area (Å²) in [6.07, 6.45) is 3.00. The minimum absolute atomic E-state index is 0.277. The van der Waals surface area contributed by atoms with Gasteiger partial charge in [-0.15, -0.1) is 0 Å². The van der Waals surface area contributed by atoms with Gasteiger partial charge in [0, 0.05) is 33.0 Å². The van der Waals surface area contributed by atoms with Crippen molar-refractivity contribution in [1.82, 2.24) is 0 Å². The second-order valence-corrected chi connectivity index (χ2v) is 3.69. The van der Waals surface area contributed by atoms with E-state index in [4.69, 9.17) is 19.9 Å². The summed E-state index contributed by atoms with van der Waals surface area (Å²) in [5.74, 6) is 0. The Morgan fingerprint density at radius 3 is 2.07 bits per heavy atom. The van der Waals surface area contributed by atoms with Crippen molar-refractivity contribution in [2.75, 3.05) is 40.1 Å². The summed E-state index contributed by atoms with van der Waals surface area (Å²) < 4.78 is 15.6. The summed E-state index contributed by atoms with van der Waals surface area (Å²) in [6, 6.07) is 0.277. The van der Waals surface area contributed by atoms with E-state index in [-0.39, 0.29) is 6.04 Å². The molecule has 0 aromatic carbocycles. The molecule has 0 aliphatic heterocycles. The van der Waals surface area contributed by atoms with Crippen molar-refractivity contribution in [1.29, 1.82) is 0 Å². The van der Waals surface area contributed by atoms with Gasteiger partial charge >= 0.3 is 0 Å². The number of hydrogen-bond acceptors (Lipinski definition) is 4. The van der Waals surface area contributed by atoms with Gasteiger partial charge < -0.3 is 19.9 Å². The number of nitrogens with two attached hydrogens (primary N) is 1. The van der Waals surface area contributed by atoms with Crippen LogP contribution in [0.25, 0.3) is 0 Å². The van der Waals surface area contributed by atoms with Crippen LogP contribution in [0.1, 0.15) is 26.2 Å². The highest BCUT2D eigenvalue weighted by atomic mass is 16.5. The summed E-state index contributed by atoms with van der Waals surface area (Å²) in [7, 11) is 1.70. The molecule has 92 valence electrons. The summed E-state index contributed by atoms with van der Waals surface area (Å²) in [4.78, 5) is 0. The molecular formula is C11H25NO3. The predicted octanol–water partition coefficient (Wildman–Crippen LogP) is 1.18. The van der Waals surface area contributed by atoms with E-state index in [2.05, 4.69) is 0 Å². The monoisotopic (exact) mass is 219 g/mol. The summed E-state index contributed by atoms with van der Waals surface area (Å²) in [5.41, 5.74) is 5.61. The van der Waals surface area contributed by atoms with Crippen molar-refractivity contribution in [2.45, 2.75) is 32.2 Å². The molecule has 0 aromatic heterocycles. The van der Waals surface area contributed by atoms with Crippen LogP contribution >= 0.6 is 0 Å². The fourth-order valence-electron chi connectivity index (χ4n) is 1.13. The van der Waals surface area contributed by atoms with E-state index in [1.54, 1.807) is 7.11 Å². The van der Waals surface area contributed by atoms with Gasteiger partial charge in [-0.05, 0) is 26.2 Å². The van der Waals surface area contributed by atoms with Crippen LogP contribution in [0, 0.1) is 0 Å². The molecular weight excluding hydrogens is 194 g/mol. The Balaban J connectivity index is 2.87. The first kappa shape index (κ1) is 14.8. The van der Waals surface area contributed by atoms with Crippen LogP contribution in [0.3, 0.4) is 0 Å². The Labute approximate surface area is 93.1 Å². The fourth-order valence-corrected chi connectivity index (χ4v) is 1.13. The van der Waals surface area contributed by atoms with Crippen molar-refractivity contribution >= 4 is 0 Å². The van der Waals surface area contributed by atoms with Crippen LogP contribution in [0.15, 0.2) is 0 Å². The summed E-state index contributed by atoms with van der Waals surface area (Å²) in [6.45, 7) is 5.64. The van der Waals surface area contributed by atoms with Crippen LogP contribution in [0.2, 0.25) is 0 Å². The van der Waals surface area contributed by atoms with Crippen LogP contribution < -0.4 is 5.73 Å². The van der Waals surface area contributed by atoms with E-state index >= 15 is 0 Å². The molecule has 0 spiro atoms. The van der Waals surface area contributed by atoms with Gasteiger partial charge in [-0.2, -0.15) is 0 Å². The van der Waals surface area contributed by atoms with Crippen molar-refractivity contribution in [3.63, 3.8) is 0 Å². The Bertz CT molecular complexity index is 120. The molecule has 0 aromatic rings. The molecule has 0 radical (unpaired) electrons. The second kappa shape index (κ2) is 11.9. The quantitative estimate of drug-likeness (QED) is 0.530. The minimum atomic E-state index is 0.277. The third-order valence-electron chi connectivity index (χ3n) is 1.96. The van der Waals surface area contributed by atoms with Crippen LogP contribution in [0.5, 0.6) is 0 Å². The minimum Gasteiger partial charge on any atom is -0.385 e. The standard InChI is InChI=1S/C11H25NO3/c1-11(12)5-3-7-14-9-10-15-8-4-6-13-2/h11H,3-10,12H2,1-2H3. The molecule has 0 bridgehead atoms. The van der Waals surface area contributed by atoms with E-state index in [0.717, 1.165) is 39.1 Å². The maximum absolute atomic E-state index is 5.61. The average Bonchev–Trinajstić information content (AvgIpc) is 2.20. The Morgan fingerprint density at radius 2 is 1.53 bits per heavy atom. The first-order valence-electron chi connectivity index (χ1n) is 5.67. The van der Waals surface area contributed by atoms with Gasteiger partial charge in [-0.1, -0.05) is 0 Å². The Hall–Kier alpha value is -0.160. The van der Waals surface area contributed by atoms with Crippen LogP contribution in [-0.2, 0) is 14.2 Å². The third-order valence-corrected chi connectivity index (χ3v) is 1.96. The SMILES string of the molecule is COCCCOCCOCCCC(C)N. The lowest BCUT2D eigenvalue weighted by Crippen LogP contribution is -2.15. The molecule has 4 nitrogen and oxygen atoms in total. The van der Waals surface area contributed by atoms with Gasteiger partial charge in [-0.25, -0.2) is 0 Å². The molecule has 0 aliphatic carbocycles. The topological polar surface area (TPSA) is 53.7 Å². The zero-order valence-corrected chi connectivity index (χ0v) is 10.0. The molecule has 0 saturated heterocycles. The fraction of sp³-hybridized carbons (Fsp3) is 1.00. The predicted molar refractivity (Wildman–Crippen MR) is 61.0 cm³/mol. The van der Waals surface area contributed by atoms with Crippen molar-refractivity contribution in [3.8, 4) is 0 Å². The molecule has 1 atom stereocenters. The zero-order chi connectivity index (χ0) is 11.4. The van der Waals surface area contributed by atoms with Gasteiger partial charge in [0.1, 0.15) is 0 Å². The molecule has 0 amide bonds. The largest absolute Gasteiger partial charge is 0.385 e. The molecule has 1 unspecified atom stereocenters. The van der Waals surface area contributed by atoms with Crippen molar-refractivity contribution in [2.24, 2.45) is 5.73 Å². The van der Waals surface area contributed by atoms with Gasteiger partial charge in [0.05, 0.1) is 13.2 Å².